The minimum absolute atomic E-state index is 0.0143. The van der Waals surface area contributed by atoms with Gasteiger partial charge in [0.2, 0.25) is 5.91 Å². The van der Waals surface area contributed by atoms with Gasteiger partial charge in [-0.15, -0.1) is 0 Å². The number of hydrogen-bond acceptors (Lipinski definition) is 6. The van der Waals surface area contributed by atoms with Gasteiger partial charge in [0.25, 0.3) is 0 Å². The highest BCUT2D eigenvalue weighted by Gasteiger charge is 2.37. The van der Waals surface area contributed by atoms with Gasteiger partial charge in [0.05, 0.1) is 27.2 Å². The molecule has 0 bridgehead atoms. The number of esters is 1. The van der Waals surface area contributed by atoms with Gasteiger partial charge in [-0.2, -0.15) is 0 Å². The first-order chi connectivity index (χ1) is 17.0. The number of hydrogen-bond donors (Lipinski definition) is 1. The van der Waals surface area contributed by atoms with Crippen LogP contribution in [-0.2, 0) is 24.7 Å². The molecule has 0 aliphatic heterocycles. The van der Waals surface area contributed by atoms with Crippen LogP contribution >= 0.6 is 0 Å². The Bertz CT molecular complexity index is 1030. The molecular formula is C28H31NO6. The number of rotatable bonds is 12. The summed E-state index contributed by atoms with van der Waals surface area (Å²) >= 11 is 0. The molecule has 35 heavy (non-hydrogen) atoms. The number of amides is 1. The molecule has 0 fully saturated rings. The van der Waals surface area contributed by atoms with Crippen LogP contribution in [0.1, 0.15) is 29.5 Å². The second-order valence-electron chi connectivity index (χ2n) is 7.75. The Morgan fingerprint density at radius 2 is 1.23 bits per heavy atom. The topological polar surface area (TPSA) is 83.1 Å². The summed E-state index contributed by atoms with van der Waals surface area (Å²) in [5.74, 6) is 0.808. The van der Waals surface area contributed by atoms with Gasteiger partial charge in [-0.3, -0.25) is 9.59 Å². The van der Waals surface area contributed by atoms with Crippen molar-refractivity contribution in [1.82, 2.24) is 5.32 Å². The van der Waals surface area contributed by atoms with Crippen LogP contribution in [0.3, 0.4) is 0 Å². The molecule has 0 saturated heterocycles. The largest absolute Gasteiger partial charge is 0.497 e. The predicted molar refractivity (Wildman–Crippen MR) is 133 cm³/mol. The third kappa shape index (κ3) is 6.39. The molecule has 0 aliphatic carbocycles. The summed E-state index contributed by atoms with van der Waals surface area (Å²) in [6.07, 6.45) is 0.0995. The standard InChI is InChI=1S/C28H31NO6/c1-29-26(30)17-18-27(31)34-19-20-35-28(21-7-5-4-6-8-21,22-9-13-24(32-2)14-10-22)23-11-15-25(33-3)16-12-23/h4-16H,17-20H2,1-3H3,(H,29,30). The van der Waals surface area contributed by atoms with Crippen molar-refractivity contribution in [2.24, 2.45) is 0 Å². The summed E-state index contributed by atoms with van der Waals surface area (Å²) in [4.78, 5) is 23.4. The third-order valence-electron chi connectivity index (χ3n) is 5.67. The molecule has 1 N–H and O–H groups in total. The number of nitrogens with one attached hydrogen (secondary N) is 1. The van der Waals surface area contributed by atoms with Crippen molar-refractivity contribution in [3.05, 3.63) is 95.6 Å². The minimum atomic E-state index is -0.978. The van der Waals surface area contributed by atoms with Crippen molar-refractivity contribution in [2.75, 3.05) is 34.5 Å². The SMILES string of the molecule is CNC(=O)CCC(=O)OCCOC(c1ccccc1)(c1ccc(OC)cc1)c1ccc(OC)cc1. The van der Waals surface area contributed by atoms with Gasteiger partial charge < -0.3 is 24.3 Å². The molecule has 0 aromatic heterocycles. The highest BCUT2D eigenvalue weighted by Crippen LogP contribution is 2.41. The molecule has 0 atom stereocenters. The fourth-order valence-corrected chi connectivity index (χ4v) is 3.84. The maximum absolute atomic E-state index is 12.1. The highest BCUT2D eigenvalue weighted by molar-refractivity contribution is 5.80. The van der Waals surface area contributed by atoms with E-state index in [1.54, 1.807) is 14.2 Å². The molecule has 0 saturated carbocycles. The summed E-state index contributed by atoms with van der Waals surface area (Å²) in [5, 5.41) is 2.49. The quantitative estimate of drug-likeness (QED) is 0.240. The second kappa shape index (κ2) is 12.6. The monoisotopic (exact) mass is 477 g/mol. The normalized spacial score (nSPS) is 10.9. The van der Waals surface area contributed by atoms with Crippen LogP contribution in [0.4, 0.5) is 0 Å². The Morgan fingerprint density at radius 1 is 0.714 bits per heavy atom. The zero-order chi connectivity index (χ0) is 25.1. The fraction of sp³-hybridized carbons (Fsp3) is 0.286. The van der Waals surface area contributed by atoms with Crippen LogP contribution in [0.15, 0.2) is 78.9 Å². The highest BCUT2D eigenvalue weighted by atomic mass is 16.6. The number of methoxy groups -OCH3 is 2. The average molecular weight is 478 g/mol. The zero-order valence-corrected chi connectivity index (χ0v) is 20.3. The molecule has 0 heterocycles. The molecule has 7 heteroatoms. The number of benzene rings is 3. The van der Waals surface area contributed by atoms with Gasteiger partial charge in [0, 0.05) is 13.5 Å². The van der Waals surface area contributed by atoms with E-state index in [9.17, 15) is 9.59 Å². The predicted octanol–water partition coefficient (Wildman–Crippen LogP) is 4.08. The van der Waals surface area contributed by atoms with E-state index in [0.29, 0.717) is 0 Å². The lowest BCUT2D eigenvalue weighted by Crippen LogP contribution is -2.34. The van der Waals surface area contributed by atoms with Crippen LogP contribution in [0, 0.1) is 0 Å². The van der Waals surface area contributed by atoms with Crippen molar-refractivity contribution >= 4 is 11.9 Å². The zero-order valence-electron chi connectivity index (χ0n) is 20.3. The number of carbonyl (C=O) groups excluding carboxylic acids is 2. The molecule has 0 unspecified atom stereocenters. The van der Waals surface area contributed by atoms with Crippen LogP contribution in [0.5, 0.6) is 11.5 Å². The van der Waals surface area contributed by atoms with E-state index in [1.165, 1.54) is 7.05 Å². The molecule has 7 nitrogen and oxygen atoms in total. The molecule has 0 spiro atoms. The Morgan fingerprint density at radius 3 is 1.71 bits per heavy atom. The lowest BCUT2D eigenvalue weighted by Gasteiger charge is -2.36. The maximum atomic E-state index is 12.1. The van der Waals surface area contributed by atoms with Gasteiger partial charge in [-0.25, -0.2) is 0 Å². The molecule has 3 aromatic rings. The van der Waals surface area contributed by atoms with Gasteiger partial charge in [0.15, 0.2) is 0 Å². The van der Waals surface area contributed by atoms with Gasteiger partial charge in [-0.1, -0.05) is 54.6 Å². The summed E-state index contributed by atoms with van der Waals surface area (Å²) in [6, 6.07) is 25.3. The van der Waals surface area contributed by atoms with E-state index in [1.807, 2.05) is 78.9 Å². The molecule has 0 radical (unpaired) electrons. The van der Waals surface area contributed by atoms with Crippen LogP contribution in [0.2, 0.25) is 0 Å². The Hall–Kier alpha value is -3.84. The van der Waals surface area contributed by atoms with E-state index in [0.717, 1.165) is 28.2 Å². The molecule has 1 amide bonds. The third-order valence-corrected chi connectivity index (χ3v) is 5.67. The molecule has 3 aromatic carbocycles. The summed E-state index contributed by atoms with van der Waals surface area (Å²) in [6.45, 7) is 0.187. The van der Waals surface area contributed by atoms with Crippen molar-refractivity contribution < 1.29 is 28.5 Å². The van der Waals surface area contributed by atoms with Gasteiger partial charge in [-0.05, 0) is 41.0 Å². The van der Waals surface area contributed by atoms with E-state index >= 15 is 0 Å². The first-order valence-corrected chi connectivity index (χ1v) is 11.4. The Balaban J connectivity index is 1.93. The van der Waals surface area contributed by atoms with Crippen molar-refractivity contribution in [3.63, 3.8) is 0 Å². The maximum Gasteiger partial charge on any atom is 0.306 e. The number of carbonyl (C=O) groups is 2. The number of ether oxygens (including phenoxy) is 4. The Labute approximate surface area is 206 Å². The summed E-state index contributed by atoms with van der Waals surface area (Å²) in [5.41, 5.74) is 1.72. The van der Waals surface area contributed by atoms with E-state index < -0.39 is 11.6 Å². The first-order valence-electron chi connectivity index (χ1n) is 11.4. The van der Waals surface area contributed by atoms with Crippen LogP contribution in [0.25, 0.3) is 0 Å². The van der Waals surface area contributed by atoms with Crippen molar-refractivity contribution in [3.8, 4) is 11.5 Å². The summed E-state index contributed by atoms with van der Waals surface area (Å²) < 4.78 is 22.6. The van der Waals surface area contributed by atoms with Crippen molar-refractivity contribution in [2.45, 2.75) is 18.4 Å². The van der Waals surface area contributed by atoms with Crippen molar-refractivity contribution in [1.29, 1.82) is 0 Å². The van der Waals surface area contributed by atoms with E-state index in [4.69, 9.17) is 18.9 Å². The van der Waals surface area contributed by atoms with Crippen LogP contribution < -0.4 is 14.8 Å². The lowest BCUT2D eigenvalue weighted by molar-refractivity contribution is -0.147. The Kier molecular flexibility index (Phi) is 9.26. The average Bonchev–Trinajstić information content (AvgIpc) is 2.92. The fourth-order valence-electron chi connectivity index (χ4n) is 3.84. The summed E-state index contributed by atoms with van der Waals surface area (Å²) in [7, 11) is 4.78. The lowest BCUT2D eigenvalue weighted by atomic mass is 9.80. The van der Waals surface area contributed by atoms with Crippen LogP contribution in [-0.4, -0.2) is 46.4 Å². The molecular weight excluding hydrogens is 446 g/mol. The second-order valence-corrected chi connectivity index (χ2v) is 7.75. The van der Waals surface area contributed by atoms with E-state index in [-0.39, 0.29) is 32.0 Å². The molecule has 184 valence electrons. The molecule has 0 aliphatic rings. The van der Waals surface area contributed by atoms with Gasteiger partial charge in [0.1, 0.15) is 23.7 Å². The smallest absolute Gasteiger partial charge is 0.306 e. The first kappa shape index (κ1) is 25.8. The minimum Gasteiger partial charge on any atom is -0.497 e. The van der Waals surface area contributed by atoms with Gasteiger partial charge >= 0.3 is 5.97 Å². The molecule has 3 rings (SSSR count). The van der Waals surface area contributed by atoms with E-state index in [2.05, 4.69) is 5.32 Å².